The minimum absolute atomic E-state index is 0.0745. The zero-order valence-corrected chi connectivity index (χ0v) is 17.2. The summed E-state index contributed by atoms with van der Waals surface area (Å²) in [5.41, 5.74) is 2.61. The number of carbonyl (C=O) groups is 2. The fraction of sp³-hybridized carbons (Fsp3) is 0.300. The molecular weight excluding hydrogens is 412 g/mol. The first-order valence-corrected chi connectivity index (χ1v) is 9.37. The summed E-state index contributed by atoms with van der Waals surface area (Å²) in [4.78, 5) is 24.2. The highest BCUT2D eigenvalue weighted by Gasteiger charge is 2.13. The Balaban J connectivity index is 2.12. The van der Waals surface area contributed by atoms with Crippen LogP contribution in [0, 0.1) is 6.92 Å². The molecule has 27 heavy (non-hydrogen) atoms. The molecule has 0 aliphatic rings. The summed E-state index contributed by atoms with van der Waals surface area (Å²) >= 11 is 3.42. The van der Waals surface area contributed by atoms with Crippen LogP contribution in [0.2, 0.25) is 0 Å². The van der Waals surface area contributed by atoms with Gasteiger partial charge < -0.3 is 20.1 Å². The first kappa shape index (κ1) is 20.9. The number of benzene rings is 2. The lowest BCUT2D eigenvalue weighted by atomic mass is 10.1. The average Bonchev–Trinajstić information content (AvgIpc) is 2.66. The van der Waals surface area contributed by atoms with Crippen LogP contribution in [0.5, 0.6) is 5.75 Å². The highest BCUT2D eigenvalue weighted by Crippen LogP contribution is 2.28. The molecule has 144 valence electrons. The third kappa shape index (κ3) is 5.80. The number of methoxy groups -OCH3 is 1. The molecule has 0 fully saturated rings. The van der Waals surface area contributed by atoms with Crippen LogP contribution in [-0.2, 0) is 9.53 Å². The topological polar surface area (TPSA) is 76.7 Å². The Morgan fingerprint density at radius 3 is 2.41 bits per heavy atom. The zero-order chi connectivity index (χ0) is 19.8. The Bertz CT molecular complexity index is 824. The Labute approximate surface area is 167 Å². The third-order valence-corrected chi connectivity index (χ3v) is 4.54. The molecule has 0 heterocycles. The van der Waals surface area contributed by atoms with E-state index >= 15 is 0 Å². The van der Waals surface area contributed by atoms with Gasteiger partial charge >= 0.3 is 0 Å². The molecule has 7 heteroatoms. The molecule has 0 saturated heterocycles. The van der Waals surface area contributed by atoms with Gasteiger partial charge in [0.25, 0.3) is 5.91 Å². The Hall–Kier alpha value is -2.38. The van der Waals surface area contributed by atoms with E-state index in [0.717, 1.165) is 5.56 Å². The Morgan fingerprint density at radius 1 is 1.07 bits per heavy atom. The highest BCUT2D eigenvalue weighted by atomic mass is 79.9. The first-order valence-electron chi connectivity index (χ1n) is 8.58. The van der Waals surface area contributed by atoms with E-state index < -0.39 is 0 Å². The van der Waals surface area contributed by atoms with Gasteiger partial charge in [-0.3, -0.25) is 9.59 Å². The van der Waals surface area contributed by atoms with Crippen molar-refractivity contribution in [3.63, 3.8) is 0 Å². The maximum absolute atomic E-state index is 12.6. The van der Waals surface area contributed by atoms with Gasteiger partial charge in [-0.2, -0.15) is 0 Å². The van der Waals surface area contributed by atoms with Crippen LogP contribution in [0.15, 0.2) is 40.9 Å². The smallest absolute Gasteiger partial charge is 0.255 e. The van der Waals surface area contributed by atoms with Crippen molar-refractivity contribution in [1.82, 2.24) is 0 Å². The molecule has 0 radical (unpaired) electrons. The average molecular weight is 435 g/mol. The molecule has 0 aliphatic carbocycles. The number of ether oxygens (including phenoxy) is 2. The molecule has 6 nitrogen and oxygen atoms in total. The number of anilines is 2. The fourth-order valence-electron chi connectivity index (χ4n) is 2.33. The molecule has 0 bridgehead atoms. The van der Waals surface area contributed by atoms with E-state index in [9.17, 15) is 9.59 Å². The van der Waals surface area contributed by atoms with Gasteiger partial charge in [0.2, 0.25) is 5.91 Å². The normalized spacial score (nSPS) is 10.4. The van der Waals surface area contributed by atoms with Gasteiger partial charge in [-0.15, -0.1) is 0 Å². The van der Waals surface area contributed by atoms with Crippen molar-refractivity contribution >= 4 is 39.1 Å². The van der Waals surface area contributed by atoms with E-state index in [-0.39, 0.29) is 11.8 Å². The molecule has 0 unspecified atom stereocenters. The van der Waals surface area contributed by atoms with E-state index in [0.29, 0.717) is 46.8 Å². The van der Waals surface area contributed by atoms with Crippen LogP contribution in [-0.4, -0.2) is 32.1 Å². The number of hydrogen-bond acceptors (Lipinski definition) is 4. The molecule has 0 spiro atoms. The number of nitrogens with one attached hydrogen (secondary N) is 2. The Kier molecular flexibility index (Phi) is 7.82. The maximum Gasteiger partial charge on any atom is 0.255 e. The largest absolute Gasteiger partial charge is 0.490 e. The summed E-state index contributed by atoms with van der Waals surface area (Å²) in [6.07, 6.45) is 0.392. The lowest BCUT2D eigenvalue weighted by Gasteiger charge is -2.14. The minimum atomic E-state index is -0.249. The predicted molar refractivity (Wildman–Crippen MR) is 110 cm³/mol. The third-order valence-electron chi connectivity index (χ3n) is 3.92. The summed E-state index contributed by atoms with van der Waals surface area (Å²) in [6.45, 7) is 4.55. The summed E-state index contributed by atoms with van der Waals surface area (Å²) in [5, 5.41) is 5.71. The molecule has 2 N–H and O–H groups in total. The zero-order valence-electron chi connectivity index (χ0n) is 15.6. The number of carbonyl (C=O) groups excluding carboxylic acids is 2. The van der Waals surface area contributed by atoms with E-state index in [1.165, 1.54) is 0 Å². The number of halogens is 1. The molecule has 2 amide bonds. The van der Waals surface area contributed by atoms with E-state index in [2.05, 4.69) is 26.6 Å². The number of hydrogen-bond donors (Lipinski definition) is 2. The van der Waals surface area contributed by atoms with Crippen LogP contribution < -0.4 is 15.4 Å². The minimum Gasteiger partial charge on any atom is -0.490 e. The van der Waals surface area contributed by atoms with Gasteiger partial charge in [-0.25, -0.2) is 0 Å². The molecule has 2 aromatic rings. The quantitative estimate of drug-likeness (QED) is 0.604. The summed E-state index contributed by atoms with van der Waals surface area (Å²) in [5.74, 6) is 0.319. The van der Waals surface area contributed by atoms with Gasteiger partial charge in [-0.05, 0) is 58.7 Å². The van der Waals surface area contributed by atoms with Crippen molar-refractivity contribution in [3.8, 4) is 5.75 Å². The van der Waals surface area contributed by atoms with E-state index in [4.69, 9.17) is 9.47 Å². The molecular formula is C20H23BrN2O4. The SMILES string of the molecule is CCC(=O)Nc1cccc(NC(=O)c2ccc(OCCOC)c(Br)c2)c1C. The molecule has 2 rings (SSSR count). The monoisotopic (exact) mass is 434 g/mol. The Morgan fingerprint density at radius 2 is 1.78 bits per heavy atom. The van der Waals surface area contributed by atoms with E-state index in [1.54, 1.807) is 50.4 Å². The van der Waals surface area contributed by atoms with Crippen molar-refractivity contribution in [2.75, 3.05) is 31.0 Å². The lowest BCUT2D eigenvalue weighted by molar-refractivity contribution is -0.115. The van der Waals surface area contributed by atoms with Crippen molar-refractivity contribution in [3.05, 3.63) is 52.0 Å². The second kappa shape index (κ2) is 10.1. The van der Waals surface area contributed by atoms with Crippen LogP contribution in [0.1, 0.15) is 29.3 Å². The fourth-order valence-corrected chi connectivity index (χ4v) is 2.83. The molecule has 0 atom stereocenters. The van der Waals surface area contributed by atoms with Crippen molar-refractivity contribution in [1.29, 1.82) is 0 Å². The van der Waals surface area contributed by atoms with Gasteiger partial charge in [0.05, 0.1) is 11.1 Å². The second-order valence-corrected chi connectivity index (χ2v) is 6.67. The maximum atomic E-state index is 12.6. The highest BCUT2D eigenvalue weighted by molar-refractivity contribution is 9.10. The summed E-state index contributed by atoms with van der Waals surface area (Å²) < 4.78 is 11.2. The number of amides is 2. The van der Waals surface area contributed by atoms with E-state index in [1.807, 2.05) is 6.92 Å². The number of rotatable bonds is 8. The molecule has 0 aliphatic heterocycles. The van der Waals surface area contributed by atoms with Gasteiger partial charge in [0.1, 0.15) is 12.4 Å². The standard InChI is InChI=1S/C20H23BrN2O4/c1-4-19(24)22-16-6-5-7-17(13(16)2)23-20(25)14-8-9-18(15(21)12-14)27-11-10-26-3/h5-9,12H,4,10-11H2,1-3H3,(H,22,24)(H,23,25). The van der Waals surface area contributed by atoms with Crippen LogP contribution in [0.4, 0.5) is 11.4 Å². The van der Waals surface area contributed by atoms with Crippen LogP contribution in [0.25, 0.3) is 0 Å². The van der Waals surface area contributed by atoms with Gasteiger partial charge in [0, 0.05) is 30.5 Å². The molecule has 0 aromatic heterocycles. The first-order chi connectivity index (χ1) is 13.0. The van der Waals surface area contributed by atoms with Crippen molar-refractivity contribution in [2.45, 2.75) is 20.3 Å². The van der Waals surface area contributed by atoms with Gasteiger partial charge in [-0.1, -0.05) is 13.0 Å². The molecule has 0 saturated carbocycles. The summed E-state index contributed by atoms with van der Waals surface area (Å²) in [6, 6.07) is 10.5. The summed E-state index contributed by atoms with van der Waals surface area (Å²) in [7, 11) is 1.61. The van der Waals surface area contributed by atoms with Gasteiger partial charge in [0.15, 0.2) is 0 Å². The lowest BCUT2D eigenvalue weighted by Crippen LogP contribution is -2.15. The predicted octanol–water partition coefficient (Wildman–Crippen LogP) is 4.38. The second-order valence-electron chi connectivity index (χ2n) is 5.82. The van der Waals surface area contributed by atoms with Crippen LogP contribution >= 0.6 is 15.9 Å². The van der Waals surface area contributed by atoms with Crippen molar-refractivity contribution < 1.29 is 19.1 Å². The van der Waals surface area contributed by atoms with Crippen molar-refractivity contribution in [2.24, 2.45) is 0 Å². The van der Waals surface area contributed by atoms with Crippen LogP contribution in [0.3, 0.4) is 0 Å². The molecule has 2 aromatic carbocycles.